The number of carbonyl (C=O) groups is 1. The first-order valence-corrected chi connectivity index (χ1v) is 8.94. The quantitative estimate of drug-likeness (QED) is 0.777. The van der Waals surface area contributed by atoms with Gasteiger partial charge in [-0.1, -0.05) is 6.07 Å². The monoisotopic (exact) mass is 356 g/mol. The molecule has 138 valence electrons. The lowest BCUT2D eigenvalue weighted by Crippen LogP contribution is -2.49. The van der Waals surface area contributed by atoms with Crippen LogP contribution in [0.1, 0.15) is 24.2 Å². The second-order valence-electron chi connectivity index (χ2n) is 6.43. The number of ether oxygens (including phenoxy) is 1. The topological polar surface area (TPSA) is 77.3 Å². The van der Waals surface area contributed by atoms with Crippen LogP contribution >= 0.6 is 0 Å². The molecule has 3 heterocycles. The molecular formula is C19H24N4O3. The minimum atomic E-state index is -0.0862. The van der Waals surface area contributed by atoms with Crippen LogP contribution in [0.5, 0.6) is 0 Å². The van der Waals surface area contributed by atoms with Crippen LogP contribution in [0.15, 0.2) is 41.6 Å². The summed E-state index contributed by atoms with van der Waals surface area (Å²) in [6.07, 6.45) is 6.95. The fourth-order valence-electron chi connectivity index (χ4n) is 3.21. The van der Waals surface area contributed by atoms with Gasteiger partial charge in [0.1, 0.15) is 0 Å². The van der Waals surface area contributed by atoms with Crippen LogP contribution in [-0.4, -0.2) is 51.1 Å². The highest BCUT2D eigenvalue weighted by Crippen LogP contribution is 2.15. The Bertz CT molecular complexity index is 805. The molecule has 1 aliphatic rings. The SMILES string of the molecule is Cc1nccnc1CC[C@H]1COCCN1C(=O)CCn1ccccc1=O. The highest BCUT2D eigenvalue weighted by Gasteiger charge is 2.27. The van der Waals surface area contributed by atoms with Crippen molar-refractivity contribution in [1.82, 2.24) is 19.4 Å². The average molecular weight is 356 g/mol. The molecule has 0 spiro atoms. The molecule has 26 heavy (non-hydrogen) atoms. The van der Waals surface area contributed by atoms with Gasteiger partial charge in [0.05, 0.1) is 30.6 Å². The number of hydrogen-bond acceptors (Lipinski definition) is 5. The van der Waals surface area contributed by atoms with Gasteiger partial charge in [-0.15, -0.1) is 0 Å². The Hall–Kier alpha value is -2.54. The maximum Gasteiger partial charge on any atom is 0.250 e. The minimum Gasteiger partial charge on any atom is -0.377 e. The third-order valence-corrected chi connectivity index (χ3v) is 4.71. The van der Waals surface area contributed by atoms with Gasteiger partial charge in [-0.2, -0.15) is 0 Å². The van der Waals surface area contributed by atoms with Gasteiger partial charge in [0.25, 0.3) is 5.56 Å². The molecule has 1 atom stereocenters. The van der Waals surface area contributed by atoms with Crippen molar-refractivity contribution in [3.63, 3.8) is 0 Å². The Labute approximate surface area is 152 Å². The zero-order valence-electron chi connectivity index (χ0n) is 15.0. The lowest BCUT2D eigenvalue weighted by atomic mass is 10.1. The van der Waals surface area contributed by atoms with Crippen molar-refractivity contribution in [2.24, 2.45) is 0 Å². The number of aromatic nitrogens is 3. The smallest absolute Gasteiger partial charge is 0.250 e. The number of morpholine rings is 1. The summed E-state index contributed by atoms with van der Waals surface area (Å²) in [5.74, 6) is 0.0601. The molecule has 1 saturated heterocycles. The second kappa shape index (κ2) is 8.71. The number of hydrogen-bond donors (Lipinski definition) is 0. The van der Waals surface area contributed by atoms with E-state index in [1.54, 1.807) is 35.3 Å². The first-order valence-electron chi connectivity index (χ1n) is 8.94. The summed E-state index contributed by atoms with van der Waals surface area (Å²) in [6.45, 7) is 4.02. The zero-order chi connectivity index (χ0) is 18.4. The zero-order valence-corrected chi connectivity index (χ0v) is 15.0. The van der Waals surface area contributed by atoms with Gasteiger partial charge < -0.3 is 14.2 Å². The maximum absolute atomic E-state index is 12.7. The summed E-state index contributed by atoms with van der Waals surface area (Å²) < 4.78 is 7.14. The van der Waals surface area contributed by atoms with Crippen LogP contribution in [0.2, 0.25) is 0 Å². The number of nitrogens with zero attached hydrogens (tertiary/aromatic N) is 4. The molecular weight excluding hydrogens is 332 g/mol. The Balaban J connectivity index is 1.59. The summed E-state index contributed by atoms with van der Waals surface area (Å²) >= 11 is 0. The molecule has 7 heteroatoms. The van der Waals surface area contributed by atoms with E-state index < -0.39 is 0 Å². The van der Waals surface area contributed by atoms with Gasteiger partial charge in [0.2, 0.25) is 5.91 Å². The van der Waals surface area contributed by atoms with Gasteiger partial charge in [0, 0.05) is 44.2 Å². The lowest BCUT2D eigenvalue weighted by Gasteiger charge is -2.36. The van der Waals surface area contributed by atoms with Crippen molar-refractivity contribution in [2.75, 3.05) is 19.8 Å². The van der Waals surface area contributed by atoms with Crippen molar-refractivity contribution < 1.29 is 9.53 Å². The Morgan fingerprint density at radius 3 is 2.96 bits per heavy atom. The van der Waals surface area contributed by atoms with Gasteiger partial charge >= 0.3 is 0 Å². The fraction of sp³-hybridized carbons (Fsp3) is 0.474. The van der Waals surface area contributed by atoms with Crippen LogP contribution in [-0.2, 0) is 22.5 Å². The summed E-state index contributed by atoms with van der Waals surface area (Å²) in [5.41, 5.74) is 1.80. The molecule has 7 nitrogen and oxygen atoms in total. The van der Waals surface area contributed by atoms with E-state index in [-0.39, 0.29) is 17.5 Å². The van der Waals surface area contributed by atoms with E-state index >= 15 is 0 Å². The van der Waals surface area contributed by atoms with Crippen molar-refractivity contribution in [2.45, 2.75) is 38.8 Å². The molecule has 0 N–H and O–H groups in total. The van der Waals surface area contributed by atoms with E-state index in [0.29, 0.717) is 32.7 Å². The molecule has 1 fully saturated rings. The first kappa shape index (κ1) is 18.3. The van der Waals surface area contributed by atoms with Gasteiger partial charge in [-0.25, -0.2) is 0 Å². The number of pyridine rings is 1. The van der Waals surface area contributed by atoms with Crippen molar-refractivity contribution >= 4 is 5.91 Å². The lowest BCUT2D eigenvalue weighted by molar-refractivity contribution is -0.140. The molecule has 1 aliphatic heterocycles. The third kappa shape index (κ3) is 4.54. The van der Waals surface area contributed by atoms with Crippen LogP contribution < -0.4 is 5.56 Å². The summed E-state index contributed by atoms with van der Waals surface area (Å²) in [7, 11) is 0. The molecule has 0 bridgehead atoms. The number of aryl methyl sites for hydroxylation is 3. The predicted octanol–water partition coefficient (Wildman–Crippen LogP) is 1.20. The molecule has 0 aromatic carbocycles. The highest BCUT2D eigenvalue weighted by atomic mass is 16.5. The predicted molar refractivity (Wildman–Crippen MR) is 96.7 cm³/mol. The molecule has 0 aliphatic carbocycles. The van der Waals surface area contributed by atoms with Crippen LogP contribution in [0.25, 0.3) is 0 Å². The first-order chi connectivity index (χ1) is 12.6. The molecule has 3 rings (SSSR count). The Morgan fingerprint density at radius 2 is 2.15 bits per heavy atom. The van der Waals surface area contributed by atoms with E-state index in [9.17, 15) is 9.59 Å². The molecule has 2 aromatic rings. The van der Waals surface area contributed by atoms with E-state index in [4.69, 9.17) is 4.74 Å². The van der Waals surface area contributed by atoms with Gasteiger partial charge in [-0.3, -0.25) is 19.6 Å². The normalized spacial score (nSPS) is 17.3. The summed E-state index contributed by atoms with van der Waals surface area (Å²) in [4.78, 5) is 35.0. The number of amides is 1. The van der Waals surface area contributed by atoms with Crippen LogP contribution in [0.4, 0.5) is 0 Å². The Morgan fingerprint density at radius 1 is 1.31 bits per heavy atom. The number of carbonyl (C=O) groups excluding carboxylic acids is 1. The van der Waals surface area contributed by atoms with E-state index in [1.165, 1.54) is 6.07 Å². The Kier molecular flexibility index (Phi) is 6.12. The van der Waals surface area contributed by atoms with E-state index in [2.05, 4.69) is 9.97 Å². The molecule has 0 saturated carbocycles. The molecule has 0 radical (unpaired) electrons. The standard InChI is InChI=1S/C19H24N4O3/c1-15-17(21-9-8-20-15)6-5-16-14-26-13-12-23(16)19(25)7-11-22-10-3-2-4-18(22)24/h2-4,8-10,16H,5-7,11-14H2,1H3/t16-/m0/s1. The maximum atomic E-state index is 12.7. The molecule has 1 amide bonds. The largest absolute Gasteiger partial charge is 0.377 e. The van der Waals surface area contributed by atoms with E-state index in [1.807, 2.05) is 11.8 Å². The van der Waals surface area contributed by atoms with Crippen molar-refractivity contribution in [3.8, 4) is 0 Å². The third-order valence-electron chi connectivity index (χ3n) is 4.71. The van der Waals surface area contributed by atoms with Gasteiger partial charge in [0.15, 0.2) is 0 Å². The summed E-state index contributed by atoms with van der Waals surface area (Å²) in [6, 6.07) is 5.04. The second-order valence-corrected chi connectivity index (χ2v) is 6.43. The molecule has 2 aromatic heterocycles. The highest BCUT2D eigenvalue weighted by molar-refractivity contribution is 5.76. The summed E-state index contributed by atoms with van der Waals surface area (Å²) in [5, 5.41) is 0. The van der Waals surface area contributed by atoms with Gasteiger partial charge in [-0.05, 0) is 25.8 Å². The number of rotatable bonds is 6. The van der Waals surface area contributed by atoms with E-state index in [0.717, 1.165) is 24.2 Å². The van der Waals surface area contributed by atoms with Crippen LogP contribution in [0, 0.1) is 6.92 Å². The molecule has 0 unspecified atom stereocenters. The minimum absolute atomic E-state index is 0.0325. The fourth-order valence-corrected chi connectivity index (χ4v) is 3.21. The van der Waals surface area contributed by atoms with Crippen molar-refractivity contribution in [1.29, 1.82) is 0 Å². The van der Waals surface area contributed by atoms with Crippen LogP contribution in [0.3, 0.4) is 0 Å². The van der Waals surface area contributed by atoms with Crippen molar-refractivity contribution in [3.05, 3.63) is 58.5 Å². The average Bonchev–Trinajstić information content (AvgIpc) is 2.67.